The molecule has 4 nitrogen and oxygen atoms in total. The lowest BCUT2D eigenvalue weighted by molar-refractivity contribution is -0.144. The van der Waals surface area contributed by atoms with Crippen LogP contribution in [0.3, 0.4) is 0 Å². The summed E-state index contributed by atoms with van der Waals surface area (Å²) in [4.78, 5) is 0. The fraction of sp³-hybridized carbons (Fsp3) is 0.250. The molecule has 2 aromatic rings. The zero-order chi connectivity index (χ0) is 14.4. The van der Waals surface area contributed by atoms with E-state index in [0.717, 1.165) is 22.5 Å². The second-order valence-electron chi connectivity index (χ2n) is 4.68. The molecule has 0 radical (unpaired) electrons. The van der Waals surface area contributed by atoms with Gasteiger partial charge in [0.1, 0.15) is 0 Å². The standard InChI is InChI=1S/C16H20N2O2/c1-12(19-10-13-4-2-6-15(17)8-13)20-11-14-5-3-7-16(18)9-14/h2-9,12H,10-11,17-18H2,1H3. The van der Waals surface area contributed by atoms with E-state index in [0.29, 0.717) is 13.2 Å². The van der Waals surface area contributed by atoms with Crippen molar-refractivity contribution in [2.24, 2.45) is 0 Å². The molecule has 2 rings (SSSR count). The van der Waals surface area contributed by atoms with Crippen molar-refractivity contribution >= 4 is 11.4 Å². The molecule has 4 N–H and O–H groups in total. The van der Waals surface area contributed by atoms with Crippen molar-refractivity contribution in [3.63, 3.8) is 0 Å². The lowest BCUT2D eigenvalue weighted by Crippen LogP contribution is -2.12. The second-order valence-corrected chi connectivity index (χ2v) is 4.68. The van der Waals surface area contributed by atoms with Crippen molar-refractivity contribution in [2.75, 3.05) is 11.5 Å². The van der Waals surface area contributed by atoms with Crippen molar-refractivity contribution in [1.82, 2.24) is 0 Å². The highest BCUT2D eigenvalue weighted by Gasteiger charge is 2.04. The Morgan fingerprint density at radius 1 is 0.850 bits per heavy atom. The van der Waals surface area contributed by atoms with Crippen LogP contribution >= 0.6 is 0 Å². The summed E-state index contributed by atoms with van der Waals surface area (Å²) in [5.41, 5.74) is 15.0. The van der Waals surface area contributed by atoms with Crippen LogP contribution in [0.15, 0.2) is 48.5 Å². The van der Waals surface area contributed by atoms with Crippen LogP contribution in [0.25, 0.3) is 0 Å². The molecule has 0 saturated heterocycles. The third-order valence-electron chi connectivity index (χ3n) is 2.87. The van der Waals surface area contributed by atoms with E-state index >= 15 is 0 Å². The molecule has 0 heterocycles. The first-order valence-electron chi connectivity index (χ1n) is 6.55. The van der Waals surface area contributed by atoms with Gasteiger partial charge in [-0.15, -0.1) is 0 Å². The van der Waals surface area contributed by atoms with Crippen LogP contribution in [0, 0.1) is 0 Å². The van der Waals surface area contributed by atoms with E-state index < -0.39 is 0 Å². The van der Waals surface area contributed by atoms with E-state index in [1.54, 1.807) is 0 Å². The van der Waals surface area contributed by atoms with E-state index in [2.05, 4.69) is 0 Å². The first kappa shape index (κ1) is 14.4. The van der Waals surface area contributed by atoms with Crippen LogP contribution in [0.4, 0.5) is 11.4 Å². The molecule has 106 valence electrons. The molecule has 20 heavy (non-hydrogen) atoms. The highest BCUT2D eigenvalue weighted by atomic mass is 16.7. The van der Waals surface area contributed by atoms with E-state index in [4.69, 9.17) is 20.9 Å². The highest BCUT2D eigenvalue weighted by Crippen LogP contribution is 2.12. The van der Waals surface area contributed by atoms with Gasteiger partial charge in [0.2, 0.25) is 0 Å². The molecule has 0 aromatic heterocycles. The normalized spacial score (nSPS) is 10.9. The number of rotatable bonds is 6. The van der Waals surface area contributed by atoms with Crippen LogP contribution in [0.2, 0.25) is 0 Å². The topological polar surface area (TPSA) is 70.5 Å². The Morgan fingerprint density at radius 2 is 1.30 bits per heavy atom. The third-order valence-corrected chi connectivity index (χ3v) is 2.87. The smallest absolute Gasteiger partial charge is 0.155 e. The number of nitrogen functional groups attached to an aromatic ring is 2. The van der Waals surface area contributed by atoms with Gasteiger partial charge in [0.25, 0.3) is 0 Å². The maximum Gasteiger partial charge on any atom is 0.155 e. The minimum absolute atomic E-state index is 0.294. The summed E-state index contributed by atoms with van der Waals surface area (Å²) >= 11 is 0. The molecule has 0 atom stereocenters. The monoisotopic (exact) mass is 272 g/mol. The summed E-state index contributed by atoms with van der Waals surface area (Å²) in [6.07, 6.45) is -0.294. The number of anilines is 2. The Labute approximate surface area is 119 Å². The minimum Gasteiger partial charge on any atom is -0.399 e. The summed E-state index contributed by atoms with van der Waals surface area (Å²) in [6, 6.07) is 15.3. The molecular weight excluding hydrogens is 252 g/mol. The van der Waals surface area contributed by atoms with Gasteiger partial charge < -0.3 is 20.9 Å². The molecular formula is C16H20N2O2. The van der Waals surface area contributed by atoms with Gasteiger partial charge in [-0.3, -0.25) is 0 Å². The zero-order valence-electron chi connectivity index (χ0n) is 11.6. The van der Waals surface area contributed by atoms with Crippen LogP contribution < -0.4 is 11.5 Å². The van der Waals surface area contributed by atoms with Crippen molar-refractivity contribution in [1.29, 1.82) is 0 Å². The van der Waals surface area contributed by atoms with Crippen LogP contribution in [-0.2, 0) is 22.7 Å². The fourth-order valence-electron chi connectivity index (χ4n) is 1.84. The molecule has 0 unspecified atom stereocenters. The molecule has 0 saturated carbocycles. The number of hydrogen-bond donors (Lipinski definition) is 2. The maximum atomic E-state index is 5.72. The third kappa shape index (κ3) is 4.57. The SMILES string of the molecule is CC(OCc1cccc(N)c1)OCc1cccc(N)c1. The summed E-state index contributed by atoms with van der Waals surface area (Å²) in [7, 11) is 0. The van der Waals surface area contributed by atoms with Crippen LogP contribution in [0.1, 0.15) is 18.1 Å². The van der Waals surface area contributed by atoms with Crippen molar-refractivity contribution in [3.05, 3.63) is 59.7 Å². The quantitative estimate of drug-likeness (QED) is 0.626. The van der Waals surface area contributed by atoms with Gasteiger partial charge in [0.05, 0.1) is 13.2 Å². The van der Waals surface area contributed by atoms with Gasteiger partial charge >= 0.3 is 0 Å². The minimum atomic E-state index is -0.294. The molecule has 0 aliphatic heterocycles. The predicted octanol–water partition coefficient (Wildman–Crippen LogP) is 2.93. The Kier molecular flexibility index (Phi) is 4.98. The van der Waals surface area contributed by atoms with Crippen LogP contribution in [0.5, 0.6) is 0 Å². The van der Waals surface area contributed by atoms with Gasteiger partial charge in [-0.1, -0.05) is 24.3 Å². The molecule has 0 aliphatic rings. The zero-order valence-corrected chi connectivity index (χ0v) is 11.6. The number of ether oxygens (including phenoxy) is 2. The van der Waals surface area contributed by atoms with Crippen molar-refractivity contribution in [3.8, 4) is 0 Å². The van der Waals surface area contributed by atoms with Gasteiger partial charge in [0, 0.05) is 11.4 Å². The number of nitrogens with two attached hydrogens (primary N) is 2. The molecule has 0 amide bonds. The van der Waals surface area contributed by atoms with Gasteiger partial charge in [-0.05, 0) is 42.3 Å². The maximum absolute atomic E-state index is 5.72. The summed E-state index contributed by atoms with van der Waals surface area (Å²) < 4.78 is 11.3. The summed E-state index contributed by atoms with van der Waals surface area (Å²) in [5.74, 6) is 0. The first-order valence-corrected chi connectivity index (χ1v) is 6.55. The largest absolute Gasteiger partial charge is 0.399 e. The Balaban J connectivity index is 1.77. The van der Waals surface area contributed by atoms with Gasteiger partial charge in [0.15, 0.2) is 6.29 Å². The Bertz CT molecular complexity index is 508. The average molecular weight is 272 g/mol. The Hall–Kier alpha value is -2.04. The highest BCUT2D eigenvalue weighted by molar-refractivity contribution is 5.41. The molecule has 0 aliphatic carbocycles. The molecule has 0 bridgehead atoms. The summed E-state index contributed by atoms with van der Waals surface area (Å²) in [5, 5.41) is 0. The lowest BCUT2D eigenvalue weighted by Gasteiger charge is -2.14. The number of hydrogen-bond acceptors (Lipinski definition) is 4. The fourth-order valence-corrected chi connectivity index (χ4v) is 1.84. The van der Waals surface area contributed by atoms with Gasteiger partial charge in [-0.2, -0.15) is 0 Å². The molecule has 2 aromatic carbocycles. The molecule has 0 spiro atoms. The van der Waals surface area contributed by atoms with E-state index in [1.165, 1.54) is 0 Å². The van der Waals surface area contributed by atoms with E-state index in [-0.39, 0.29) is 6.29 Å². The predicted molar refractivity (Wildman–Crippen MR) is 80.7 cm³/mol. The van der Waals surface area contributed by atoms with Crippen molar-refractivity contribution < 1.29 is 9.47 Å². The summed E-state index contributed by atoms with van der Waals surface area (Å²) in [6.45, 7) is 2.82. The average Bonchev–Trinajstić information content (AvgIpc) is 2.43. The van der Waals surface area contributed by atoms with Crippen LogP contribution in [-0.4, -0.2) is 6.29 Å². The van der Waals surface area contributed by atoms with Crippen molar-refractivity contribution in [2.45, 2.75) is 26.4 Å². The van der Waals surface area contributed by atoms with Gasteiger partial charge in [-0.25, -0.2) is 0 Å². The van der Waals surface area contributed by atoms with E-state index in [9.17, 15) is 0 Å². The molecule has 0 fully saturated rings. The van der Waals surface area contributed by atoms with E-state index in [1.807, 2.05) is 55.5 Å². The molecule has 4 heteroatoms. The Morgan fingerprint density at radius 3 is 1.70 bits per heavy atom. The lowest BCUT2D eigenvalue weighted by atomic mass is 10.2. The first-order chi connectivity index (χ1) is 9.63. The number of benzene rings is 2. The second kappa shape index (κ2) is 6.93.